The van der Waals surface area contributed by atoms with Gasteiger partial charge in [-0.1, -0.05) is 6.07 Å². The molecule has 0 aliphatic carbocycles. The Bertz CT molecular complexity index is 602. The van der Waals surface area contributed by atoms with Gasteiger partial charge in [0.25, 0.3) is 0 Å². The smallest absolute Gasteiger partial charge is 0.165 e. The van der Waals surface area contributed by atoms with E-state index < -0.39 is 5.82 Å². The standard InChI is InChI=1S/C15H15F2NO2/c1-19-15-4-2-10(6-13(15)17)9-20-14-5-3-12(16)7-11(14)8-18/h2-7H,8-9,18H2,1H3. The Morgan fingerprint density at radius 1 is 1.05 bits per heavy atom. The fraction of sp³-hybridized carbons (Fsp3) is 0.200. The van der Waals surface area contributed by atoms with Gasteiger partial charge < -0.3 is 15.2 Å². The Morgan fingerprint density at radius 3 is 2.45 bits per heavy atom. The van der Waals surface area contributed by atoms with Gasteiger partial charge >= 0.3 is 0 Å². The molecule has 20 heavy (non-hydrogen) atoms. The molecule has 3 nitrogen and oxygen atoms in total. The molecule has 0 fully saturated rings. The summed E-state index contributed by atoms with van der Waals surface area (Å²) in [5.41, 5.74) is 6.74. The number of hydrogen-bond acceptors (Lipinski definition) is 3. The first kappa shape index (κ1) is 14.3. The van der Waals surface area contributed by atoms with Crippen molar-refractivity contribution < 1.29 is 18.3 Å². The van der Waals surface area contributed by atoms with Crippen molar-refractivity contribution in [1.29, 1.82) is 0 Å². The van der Waals surface area contributed by atoms with Gasteiger partial charge in [-0.2, -0.15) is 0 Å². The fourth-order valence-electron chi connectivity index (χ4n) is 1.81. The summed E-state index contributed by atoms with van der Waals surface area (Å²) in [6, 6.07) is 8.70. The second kappa shape index (κ2) is 6.34. The van der Waals surface area contributed by atoms with Crippen molar-refractivity contribution in [2.75, 3.05) is 7.11 Å². The monoisotopic (exact) mass is 279 g/mol. The van der Waals surface area contributed by atoms with E-state index in [1.165, 1.54) is 37.4 Å². The largest absolute Gasteiger partial charge is 0.494 e. The molecule has 0 heterocycles. The Morgan fingerprint density at radius 2 is 1.80 bits per heavy atom. The van der Waals surface area contributed by atoms with Crippen LogP contribution in [0.15, 0.2) is 36.4 Å². The lowest BCUT2D eigenvalue weighted by atomic mass is 10.2. The number of hydrogen-bond donors (Lipinski definition) is 1. The van der Waals surface area contributed by atoms with E-state index in [1.54, 1.807) is 6.07 Å². The van der Waals surface area contributed by atoms with E-state index >= 15 is 0 Å². The van der Waals surface area contributed by atoms with Crippen LogP contribution in [-0.4, -0.2) is 7.11 Å². The zero-order chi connectivity index (χ0) is 14.5. The summed E-state index contributed by atoms with van der Waals surface area (Å²) >= 11 is 0. The van der Waals surface area contributed by atoms with Gasteiger partial charge in [-0.05, 0) is 35.9 Å². The molecule has 0 bridgehead atoms. The summed E-state index contributed by atoms with van der Waals surface area (Å²) in [5, 5.41) is 0. The van der Waals surface area contributed by atoms with Crippen LogP contribution in [0, 0.1) is 11.6 Å². The lowest BCUT2D eigenvalue weighted by molar-refractivity contribution is 0.301. The third-order valence-corrected chi connectivity index (χ3v) is 2.85. The molecule has 0 amide bonds. The maximum absolute atomic E-state index is 13.5. The molecule has 0 saturated heterocycles. The molecular formula is C15H15F2NO2. The van der Waals surface area contributed by atoms with Crippen LogP contribution in [0.1, 0.15) is 11.1 Å². The van der Waals surface area contributed by atoms with Crippen molar-refractivity contribution >= 4 is 0 Å². The lowest BCUT2D eigenvalue weighted by Crippen LogP contribution is -2.03. The molecular weight excluding hydrogens is 264 g/mol. The number of ether oxygens (including phenoxy) is 2. The number of benzene rings is 2. The van der Waals surface area contributed by atoms with Gasteiger partial charge in [0, 0.05) is 12.1 Å². The summed E-state index contributed by atoms with van der Waals surface area (Å²) in [5.74, 6) is -0.150. The number of nitrogens with two attached hydrogens (primary N) is 1. The van der Waals surface area contributed by atoms with Gasteiger partial charge in [-0.15, -0.1) is 0 Å². The number of halogens is 2. The predicted molar refractivity (Wildman–Crippen MR) is 71.6 cm³/mol. The van der Waals surface area contributed by atoms with Crippen molar-refractivity contribution in [3.05, 3.63) is 59.2 Å². The quantitative estimate of drug-likeness (QED) is 0.915. The highest BCUT2D eigenvalue weighted by Crippen LogP contribution is 2.22. The zero-order valence-electron chi connectivity index (χ0n) is 11.0. The third-order valence-electron chi connectivity index (χ3n) is 2.85. The van der Waals surface area contributed by atoms with Crippen molar-refractivity contribution in [3.63, 3.8) is 0 Å². The molecule has 0 saturated carbocycles. The van der Waals surface area contributed by atoms with Gasteiger partial charge in [0.05, 0.1) is 7.11 Å². The normalized spacial score (nSPS) is 10.4. The Balaban J connectivity index is 2.10. The van der Waals surface area contributed by atoms with E-state index in [1.807, 2.05) is 0 Å². The summed E-state index contributed by atoms with van der Waals surface area (Å²) in [6.45, 7) is 0.337. The van der Waals surface area contributed by atoms with Gasteiger partial charge in [0.1, 0.15) is 18.2 Å². The van der Waals surface area contributed by atoms with Gasteiger partial charge in [0.2, 0.25) is 0 Å². The van der Waals surface area contributed by atoms with Gasteiger partial charge in [-0.3, -0.25) is 0 Å². The third kappa shape index (κ3) is 3.24. The van der Waals surface area contributed by atoms with Crippen molar-refractivity contribution in [1.82, 2.24) is 0 Å². The van der Waals surface area contributed by atoms with Crippen LogP contribution in [0.25, 0.3) is 0 Å². The van der Waals surface area contributed by atoms with Crippen molar-refractivity contribution in [2.45, 2.75) is 13.2 Å². The van der Waals surface area contributed by atoms with Crippen molar-refractivity contribution in [3.8, 4) is 11.5 Å². The molecule has 106 valence electrons. The van der Waals surface area contributed by atoms with Crippen LogP contribution >= 0.6 is 0 Å². The summed E-state index contributed by atoms with van der Waals surface area (Å²) in [4.78, 5) is 0. The van der Waals surface area contributed by atoms with Crippen LogP contribution in [0.2, 0.25) is 0 Å². The molecule has 0 aliphatic rings. The first-order valence-electron chi connectivity index (χ1n) is 6.07. The minimum absolute atomic E-state index is 0.166. The number of rotatable bonds is 5. The molecule has 5 heteroatoms. The molecule has 0 spiro atoms. The molecule has 0 radical (unpaired) electrons. The Kier molecular flexibility index (Phi) is 4.53. The highest BCUT2D eigenvalue weighted by molar-refractivity contribution is 5.34. The van der Waals surface area contributed by atoms with E-state index in [4.69, 9.17) is 15.2 Å². The predicted octanol–water partition coefficient (Wildman–Crippen LogP) is 3.01. The first-order chi connectivity index (χ1) is 9.63. The van der Waals surface area contributed by atoms with E-state index in [2.05, 4.69) is 0 Å². The SMILES string of the molecule is COc1ccc(COc2ccc(F)cc2CN)cc1F. The lowest BCUT2D eigenvalue weighted by Gasteiger charge is -2.11. The molecule has 2 aromatic carbocycles. The van der Waals surface area contributed by atoms with Crippen LogP contribution in [0.5, 0.6) is 11.5 Å². The molecule has 2 rings (SSSR count). The summed E-state index contributed by atoms with van der Waals surface area (Å²) in [7, 11) is 1.40. The molecule has 0 unspecified atom stereocenters. The van der Waals surface area contributed by atoms with E-state index in [9.17, 15) is 8.78 Å². The average Bonchev–Trinajstić information content (AvgIpc) is 2.46. The van der Waals surface area contributed by atoms with E-state index in [0.29, 0.717) is 16.9 Å². The first-order valence-corrected chi connectivity index (χ1v) is 6.07. The van der Waals surface area contributed by atoms with E-state index in [-0.39, 0.29) is 24.7 Å². The minimum Gasteiger partial charge on any atom is -0.494 e. The Hall–Kier alpha value is -2.14. The summed E-state index contributed by atoms with van der Waals surface area (Å²) in [6.07, 6.45) is 0. The molecule has 0 aromatic heterocycles. The fourth-order valence-corrected chi connectivity index (χ4v) is 1.81. The highest BCUT2D eigenvalue weighted by atomic mass is 19.1. The average molecular weight is 279 g/mol. The van der Waals surface area contributed by atoms with Crippen molar-refractivity contribution in [2.24, 2.45) is 5.73 Å². The van der Waals surface area contributed by atoms with Crippen LogP contribution in [-0.2, 0) is 13.2 Å². The summed E-state index contributed by atoms with van der Waals surface area (Å²) < 4.78 is 37.0. The second-order valence-electron chi connectivity index (χ2n) is 4.21. The van der Waals surface area contributed by atoms with Gasteiger partial charge in [-0.25, -0.2) is 8.78 Å². The number of methoxy groups -OCH3 is 1. The minimum atomic E-state index is -0.452. The topological polar surface area (TPSA) is 44.5 Å². The molecule has 0 aliphatic heterocycles. The Labute approximate surface area is 115 Å². The van der Waals surface area contributed by atoms with Gasteiger partial charge in [0.15, 0.2) is 11.6 Å². The second-order valence-corrected chi connectivity index (χ2v) is 4.21. The molecule has 2 aromatic rings. The van der Waals surface area contributed by atoms with Crippen LogP contribution in [0.4, 0.5) is 8.78 Å². The molecule has 2 N–H and O–H groups in total. The zero-order valence-corrected chi connectivity index (χ0v) is 11.0. The van der Waals surface area contributed by atoms with E-state index in [0.717, 1.165) is 0 Å². The maximum Gasteiger partial charge on any atom is 0.165 e. The van der Waals surface area contributed by atoms with Crippen LogP contribution < -0.4 is 15.2 Å². The van der Waals surface area contributed by atoms with Crippen LogP contribution in [0.3, 0.4) is 0 Å². The maximum atomic E-state index is 13.5. The molecule has 0 atom stereocenters. The highest BCUT2D eigenvalue weighted by Gasteiger charge is 2.07.